The number of hydrogen-bond acceptors (Lipinski definition) is 4. The zero-order valence-electron chi connectivity index (χ0n) is 9.50. The van der Waals surface area contributed by atoms with Gasteiger partial charge in [-0.3, -0.25) is 4.79 Å². The zero-order valence-corrected chi connectivity index (χ0v) is 10.3. The monoisotopic (exact) mass is 252 g/mol. The molecule has 5 heteroatoms. The molecule has 0 radical (unpaired) electrons. The van der Waals surface area contributed by atoms with Crippen molar-refractivity contribution in [2.75, 3.05) is 6.61 Å². The summed E-state index contributed by atoms with van der Waals surface area (Å²) in [6.45, 7) is 2.29. The van der Waals surface area contributed by atoms with Gasteiger partial charge in [-0.15, -0.1) is 0 Å². The molecule has 90 valence electrons. The Kier molecular flexibility index (Phi) is 4.95. The van der Waals surface area contributed by atoms with E-state index in [0.29, 0.717) is 23.3 Å². The van der Waals surface area contributed by atoms with Crippen LogP contribution in [0.5, 0.6) is 0 Å². The highest BCUT2D eigenvalue weighted by atomic mass is 35.5. The number of benzene rings is 1. The molecule has 0 spiro atoms. The largest absolute Gasteiger partial charge is 0.466 e. The van der Waals surface area contributed by atoms with Crippen LogP contribution in [0.3, 0.4) is 0 Å². The number of ether oxygens (including phenoxy) is 1. The smallest absolute Gasteiger partial charge is 0.310 e. The molecule has 1 rings (SSSR count). The fourth-order valence-electron chi connectivity index (χ4n) is 1.45. The van der Waals surface area contributed by atoms with Gasteiger partial charge in [-0.2, -0.15) is 5.26 Å². The van der Waals surface area contributed by atoms with Gasteiger partial charge in [0.15, 0.2) is 0 Å². The number of rotatable bonds is 4. The van der Waals surface area contributed by atoms with Crippen molar-refractivity contribution in [1.82, 2.24) is 0 Å². The summed E-state index contributed by atoms with van der Waals surface area (Å²) in [4.78, 5) is 11.3. The van der Waals surface area contributed by atoms with E-state index in [0.717, 1.165) is 0 Å². The van der Waals surface area contributed by atoms with Crippen LogP contribution in [0.25, 0.3) is 0 Å². The molecule has 0 bridgehead atoms. The molecule has 0 saturated carbocycles. The maximum atomic E-state index is 11.3. The first-order chi connectivity index (χ1) is 8.13. The topological polar surface area (TPSA) is 76.1 Å². The van der Waals surface area contributed by atoms with Crippen LogP contribution in [0.4, 0.5) is 0 Å². The predicted octanol–water partition coefficient (Wildman–Crippen LogP) is 1.78. The van der Waals surface area contributed by atoms with E-state index in [1.807, 2.05) is 6.07 Å². The molecule has 0 aromatic heterocycles. The first-order valence-electron chi connectivity index (χ1n) is 5.20. The van der Waals surface area contributed by atoms with E-state index in [1.165, 1.54) is 0 Å². The molecule has 0 fully saturated rings. The van der Waals surface area contributed by atoms with E-state index in [1.54, 1.807) is 19.1 Å². The lowest BCUT2D eigenvalue weighted by Gasteiger charge is -2.08. The summed E-state index contributed by atoms with van der Waals surface area (Å²) in [5, 5.41) is 9.27. The van der Waals surface area contributed by atoms with Crippen molar-refractivity contribution >= 4 is 17.6 Å². The average Bonchev–Trinajstić information content (AvgIpc) is 2.31. The Labute approximate surface area is 105 Å². The molecule has 0 amide bonds. The summed E-state index contributed by atoms with van der Waals surface area (Å²) in [5.41, 5.74) is 7.08. The molecule has 0 atom stereocenters. The number of nitrogens with two attached hydrogens (primary N) is 1. The average molecular weight is 253 g/mol. The van der Waals surface area contributed by atoms with Gasteiger partial charge in [-0.25, -0.2) is 0 Å². The maximum absolute atomic E-state index is 11.3. The summed E-state index contributed by atoms with van der Waals surface area (Å²) in [7, 11) is 0. The Morgan fingerprint density at radius 1 is 1.53 bits per heavy atom. The number of carbonyl (C=O) groups is 1. The fourth-order valence-corrected chi connectivity index (χ4v) is 1.75. The Balaban J connectivity index is 3.04. The molecular weight excluding hydrogens is 240 g/mol. The molecule has 0 saturated heterocycles. The number of nitrogens with zero attached hydrogens (tertiary/aromatic N) is 1. The van der Waals surface area contributed by atoms with Gasteiger partial charge in [-0.1, -0.05) is 23.7 Å². The Morgan fingerprint density at radius 3 is 2.71 bits per heavy atom. The highest BCUT2D eigenvalue weighted by Gasteiger charge is 2.13. The molecule has 2 N–H and O–H groups in total. The van der Waals surface area contributed by atoms with Crippen LogP contribution >= 0.6 is 11.6 Å². The second-order valence-electron chi connectivity index (χ2n) is 3.37. The molecule has 0 aliphatic rings. The summed E-state index contributed by atoms with van der Waals surface area (Å²) < 4.78 is 4.83. The van der Waals surface area contributed by atoms with Crippen LogP contribution in [-0.2, 0) is 22.5 Å². The quantitative estimate of drug-likeness (QED) is 0.829. The van der Waals surface area contributed by atoms with E-state index in [4.69, 9.17) is 27.3 Å². The third kappa shape index (κ3) is 3.19. The SMILES string of the molecule is CCOC(=O)Cc1ccc(CN)c(C#N)c1Cl. The van der Waals surface area contributed by atoms with E-state index < -0.39 is 0 Å². The maximum Gasteiger partial charge on any atom is 0.310 e. The Bertz CT molecular complexity index is 466. The molecule has 1 aromatic rings. The molecule has 0 heterocycles. The van der Waals surface area contributed by atoms with Gasteiger partial charge in [0.25, 0.3) is 0 Å². The first kappa shape index (κ1) is 13.5. The van der Waals surface area contributed by atoms with Crippen molar-refractivity contribution in [1.29, 1.82) is 5.26 Å². The third-order valence-corrected chi connectivity index (χ3v) is 2.71. The Hall–Kier alpha value is -1.57. The van der Waals surface area contributed by atoms with E-state index in [9.17, 15) is 4.79 Å². The highest BCUT2D eigenvalue weighted by molar-refractivity contribution is 6.32. The first-order valence-corrected chi connectivity index (χ1v) is 5.57. The van der Waals surface area contributed by atoms with E-state index in [2.05, 4.69) is 0 Å². The second kappa shape index (κ2) is 6.24. The summed E-state index contributed by atoms with van der Waals surface area (Å²) in [6.07, 6.45) is 0.0617. The third-order valence-electron chi connectivity index (χ3n) is 2.28. The lowest BCUT2D eigenvalue weighted by atomic mass is 10.0. The molecule has 0 unspecified atom stereocenters. The molecular formula is C12H13ClN2O2. The second-order valence-corrected chi connectivity index (χ2v) is 3.75. The normalized spacial score (nSPS) is 9.76. The molecule has 0 aliphatic carbocycles. The highest BCUT2D eigenvalue weighted by Crippen LogP contribution is 2.24. The van der Waals surface area contributed by atoms with Gasteiger partial charge in [0, 0.05) is 6.54 Å². The van der Waals surface area contributed by atoms with Crippen LogP contribution in [0.2, 0.25) is 5.02 Å². The van der Waals surface area contributed by atoms with Gasteiger partial charge in [0.05, 0.1) is 23.6 Å². The van der Waals surface area contributed by atoms with E-state index in [-0.39, 0.29) is 24.0 Å². The van der Waals surface area contributed by atoms with Crippen LogP contribution in [0.1, 0.15) is 23.6 Å². The van der Waals surface area contributed by atoms with Crippen molar-refractivity contribution in [2.24, 2.45) is 5.73 Å². The minimum Gasteiger partial charge on any atom is -0.466 e. The van der Waals surface area contributed by atoms with Gasteiger partial charge in [0.1, 0.15) is 6.07 Å². The van der Waals surface area contributed by atoms with E-state index >= 15 is 0 Å². The molecule has 1 aromatic carbocycles. The van der Waals surface area contributed by atoms with Crippen LogP contribution in [0, 0.1) is 11.3 Å². The number of halogens is 1. The number of hydrogen-bond donors (Lipinski definition) is 1. The summed E-state index contributed by atoms with van der Waals surface area (Å²) in [5.74, 6) is -0.362. The molecule has 4 nitrogen and oxygen atoms in total. The van der Waals surface area contributed by atoms with Crippen molar-refractivity contribution < 1.29 is 9.53 Å². The molecule has 0 aliphatic heterocycles. The van der Waals surface area contributed by atoms with Crippen LogP contribution < -0.4 is 5.73 Å². The number of esters is 1. The Morgan fingerprint density at radius 2 is 2.18 bits per heavy atom. The van der Waals surface area contributed by atoms with Crippen molar-refractivity contribution in [3.8, 4) is 6.07 Å². The van der Waals surface area contributed by atoms with Gasteiger partial charge in [0.2, 0.25) is 0 Å². The number of carbonyl (C=O) groups excluding carboxylic acids is 1. The lowest BCUT2D eigenvalue weighted by molar-refractivity contribution is -0.142. The minimum absolute atomic E-state index is 0.0617. The number of nitriles is 1. The molecule has 17 heavy (non-hydrogen) atoms. The summed E-state index contributed by atoms with van der Waals surface area (Å²) in [6, 6.07) is 5.40. The van der Waals surface area contributed by atoms with Crippen molar-refractivity contribution in [3.05, 3.63) is 33.8 Å². The van der Waals surface area contributed by atoms with Crippen LogP contribution in [-0.4, -0.2) is 12.6 Å². The summed E-state index contributed by atoms with van der Waals surface area (Å²) >= 11 is 6.05. The van der Waals surface area contributed by atoms with Gasteiger partial charge < -0.3 is 10.5 Å². The fraction of sp³-hybridized carbons (Fsp3) is 0.333. The standard InChI is InChI=1S/C12H13ClN2O2/c1-2-17-11(16)5-8-3-4-9(6-14)10(7-15)12(8)13/h3-4H,2,5-6,14H2,1H3. The minimum atomic E-state index is -0.362. The van der Waals surface area contributed by atoms with Crippen LogP contribution in [0.15, 0.2) is 12.1 Å². The van der Waals surface area contributed by atoms with Gasteiger partial charge >= 0.3 is 5.97 Å². The lowest BCUT2D eigenvalue weighted by Crippen LogP contribution is -2.09. The van der Waals surface area contributed by atoms with Gasteiger partial charge in [-0.05, 0) is 18.1 Å². The zero-order chi connectivity index (χ0) is 12.8. The predicted molar refractivity (Wildman–Crippen MR) is 64.4 cm³/mol. The van der Waals surface area contributed by atoms with Crippen molar-refractivity contribution in [3.63, 3.8) is 0 Å². The van der Waals surface area contributed by atoms with Crippen molar-refractivity contribution in [2.45, 2.75) is 19.9 Å².